The van der Waals surface area contributed by atoms with E-state index in [1.807, 2.05) is 0 Å². The Labute approximate surface area is 223 Å². The van der Waals surface area contributed by atoms with Gasteiger partial charge in [-0.1, -0.05) is 5.16 Å². The van der Waals surface area contributed by atoms with Crippen LogP contribution in [0.5, 0.6) is 0 Å². The second-order valence-electron chi connectivity index (χ2n) is 8.48. The van der Waals surface area contributed by atoms with Crippen molar-refractivity contribution in [2.75, 3.05) is 18.6 Å². The minimum absolute atomic E-state index is 0.0670. The molecule has 4 N–H and O–H groups in total. The fourth-order valence-electron chi connectivity index (χ4n) is 4.41. The van der Waals surface area contributed by atoms with Crippen molar-refractivity contribution in [3.63, 3.8) is 0 Å². The lowest BCUT2D eigenvalue weighted by Crippen LogP contribution is -2.71. The molecule has 1 fully saturated rings. The molecule has 196 valence electrons. The molecule has 0 spiro atoms. The molecule has 0 radical (unpaired) electrons. The van der Waals surface area contributed by atoms with Crippen molar-refractivity contribution in [3.05, 3.63) is 58.8 Å². The number of aromatic nitrogens is 3. The lowest BCUT2D eigenvalue weighted by molar-refractivity contribution is -0.688. The fraction of sp³-hybridized carbons (Fsp3) is 0.261. The summed E-state index contributed by atoms with van der Waals surface area (Å²) in [6.07, 6.45) is 5.28. The number of aliphatic carboxylic acids is 1. The van der Waals surface area contributed by atoms with E-state index in [0.29, 0.717) is 17.0 Å². The molecule has 0 aromatic carbocycles. The van der Waals surface area contributed by atoms with E-state index in [1.54, 1.807) is 45.1 Å². The number of nitrogens with zero attached hydrogens (tertiary/aromatic N) is 5. The number of rotatable bonds is 8. The van der Waals surface area contributed by atoms with E-state index in [-0.39, 0.29) is 34.6 Å². The van der Waals surface area contributed by atoms with Crippen LogP contribution in [-0.4, -0.2) is 72.9 Å². The Morgan fingerprint density at radius 3 is 2.82 bits per heavy atom. The van der Waals surface area contributed by atoms with Crippen molar-refractivity contribution in [2.24, 2.45) is 5.16 Å². The van der Waals surface area contributed by atoms with Gasteiger partial charge in [0.15, 0.2) is 35.6 Å². The Morgan fingerprint density at radius 2 is 2.16 bits per heavy atom. The van der Waals surface area contributed by atoms with Crippen LogP contribution in [0.1, 0.15) is 23.1 Å². The maximum atomic E-state index is 13.1. The highest BCUT2D eigenvalue weighted by atomic mass is 32.2. The number of fused-ring (bicyclic) bond motifs is 2. The van der Waals surface area contributed by atoms with Gasteiger partial charge in [-0.05, 0) is 12.1 Å². The summed E-state index contributed by atoms with van der Waals surface area (Å²) >= 11 is 2.48. The van der Waals surface area contributed by atoms with E-state index in [0.717, 1.165) is 16.9 Å². The molecule has 0 saturated carbocycles. The molecule has 13 nitrogen and oxygen atoms in total. The molecule has 5 heterocycles. The number of carboxylic acid groups (broad SMARTS) is 1. The molecule has 2 atom stereocenters. The summed E-state index contributed by atoms with van der Waals surface area (Å²) in [5.41, 5.74) is 7.47. The van der Waals surface area contributed by atoms with Gasteiger partial charge in [0.2, 0.25) is 0 Å². The normalized spacial score (nSPS) is 19.3. The number of nitrogen functional groups attached to an aromatic ring is 1. The third-order valence-electron chi connectivity index (χ3n) is 6.09. The maximum Gasteiger partial charge on any atom is 0.352 e. The standard InChI is InChI=1S/C23H21N7O6S2/c1-11(31)15-4-3-13-8-28(5-6-29(13)15)7-12-9-37-21-17(20(33)30(21)18(12)22(34)35)26-19(32)16(27-36-2)14-10-38-23(24)25-14/h3-6,8,10,17,21H,7,9H2,1-2H3,(H3-,24,25,26,32,34,35)/p+1/b27-16-/t17-,21+/m1/s1. The van der Waals surface area contributed by atoms with Crippen molar-refractivity contribution >= 4 is 63.0 Å². The van der Waals surface area contributed by atoms with Crippen LogP contribution in [0.25, 0.3) is 5.52 Å². The number of thiazole rings is 1. The highest BCUT2D eigenvalue weighted by molar-refractivity contribution is 8.00. The van der Waals surface area contributed by atoms with E-state index in [2.05, 4.69) is 15.5 Å². The first-order chi connectivity index (χ1) is 18.2. The summed E-state index contributed by atoms with van der Waals surface area (Å²) in [6.45, 7) is 1.72. The van der Waals surface area contributed by atoms with E-state index in [9.17, 15) is 24.3 Å². The van der Waals surface area contributed by atoms with Crippen LogP contribution in [0, 0.1) is 0 Å². The zero-order chi connectivity index (χ0) is 27.1. The van der Waals surface area contributed by atoms with Crippen LogP contribution in [0.4, 0.5) is 5.13 Å². The molecule has 0 bridgehead atoms. The van der Waals surface area contributed by atoms with Crippen LogP contribution < -0.4 is 15.6 Å². The van der Waals surface area contributed by atoms with Gasteiger partial charge in [-0.3, -0.25) is 19.3 Å². The topological polar surface area (TPSA) is 173 Å². The quantitative estimate of drug-likeness (QED) is 0.116. The molecule has 5 rings (SSSR count). The predicted octanol–water partition coefficient (Wildman–Crippen LogP) is 0.257. The minimum atomic E-state index is -1.23. The number of carbonyl (C=O) groups excluding carboxylic acids is 3. The van der Waals surface area contributed by atoms with Crippen molar-refractivity contribution in [3.8, 4) is 0 Å². The number of anilines is 1. The minimum Gasteiger partial charge on any atom is -0.477 e. The molecule has 2 amide bonds. The summed E-state index contributed by atoms with van der Waals surface area (Å²) in [7, 11) is 1.27. The monoisotopic (exact) mass is 556 g/mol. The number of nitrogens with one attached hydrogen (secondary N) is 1. The number of carboxylic acids is 1. The summed E-state index contributed by atoms with van der Waals surface area (Å²) in [5.74, 6) is -2.20. The SMILES string of the molecule is CO/N=C(\C(=O)N[C@@H]1C(=O)N2C(C(=O)O)=C(C[n+]3ccn4c(C(C)=O)ccc4c3)CS[C@@H]12)c1csc(N)n1. The number of β-lactam (4-membered cyclic amide) rings is 1. The number of hydrogen-bond donors (Lipinski definition) is 3. The molecule has 3 aromatic rings. The number of carbonyl (C=O) groups is 4. The Kier molecular flexibility index (Phi) is 6.62. The summed E-state index contributed by atoms with van der Waals surface area (Å²) in [4.78, 5) is 60.0. The van der Waals surface area contributed by atoms with Crippen molar-refractivity contribution in [1.82, 2.24) is 19.6 Å². The van der Waals surface area contributed by atoms with E-state index in [4.69, 9.17) is 10.6 Å². The lowest BCUT2D eigenvalue weighted by Gasteiger charge is -2.49. The number of thioether (sulfide) groups is 1. The van der Waals surface area contributed by atoms with Crippen LogP contribution in [-0.2, 0) is 25.8 Å². The molecule has 2 aliphatic heterocycles. The average Bonchev–Trinajstić information content (AvgIpc) is 3.51. The highest BCUT2D eigenvalue weighted by Gasteiger charge is 2.54. The van der Waals surface area contributed by atoms with Gasteiger partial charge in [0, 0.05) is 23.6 Å². The molecule has 2 aliphatic rings. The fourth-order valence-corrected chi connectivity index (χ4v) is 6.30. The Hall–Kier alpha value is -4.24. The van der Waals surface area contributed by atoms with Gasteiger partial charge in [0.1, 0.15) is 35.4 Å². The molecule has 3 aromatic heterocycles. The summed E-state index contributed by atoms with van der Waals surface area (Å²) in [5, 5.41) is 17.5. The third kappa shape index (κ3) is 4.39. The number of hydrogen-bond acceptors (Lipinski definition) is 10. The lowest BCUT2D eigenvalue weighted by atomic mass is 10.0. The van der Waals surface area contributed by atoms with Gasteiger partial charge in [0.05, 0.1) is 11.9 Å². The third-order valence-corrected chi connectivity index (χ3v) is 8.10. The molecule has 15 heteroatoms. The van der Waals surface area contributed by atoms with Crippen LogP contribution in [0.3, 0.4) is 0 Å². The smallest absolute Gasteiger partial charge is 0.352 e. The second-order valence-corrected chi connectivity index (χ2v) is 10.5. The van der Waals surface area contributed by atoms with Crippen LogP contribution >= 0.6 is 23.1 Å². The zero-order valence-electron chi connectivity index (χ0n) is 20.2. The van der Waals surface area contributed by atoms with Gasteiger partial charge in [0.25, 0.3) is 11.8 Å². The second kappa shape index (κ2) is 9.90. The first kappa shape index (κ1) is 25.4. The Bertz CT molecular complexity index is 1560. The number of amides is 2. The largest absolute Gasteiger partial charge is 0.477 e. The van der Waals surface area contributed by atoms with E-state index in [1.165, 1.54) is 30.7 Å². The van der Waals surface area contributed by atoms with Gasteiger partial charge >= 0.3 is 5.97 Å². The zero-order valence-corrected chi connectivity index (χ0v) is 21.8. The molecule has 1 saturated heterocycles. The number of oxime groups is 1. The first-order valence-electron chi connectivity index (χ1n) is 11.2. The molecule has 0 aliphatic carbocycles. The number of Topliss-reactive ketones (excluding diaryl/α,β-unsaturated/α-hetero) is 1. The Morgan fingerprint density at radius 1 is 1.37 bits per heavy atom. The van der Waals surface area contributed by atoms with E-state index >= 15 is 0 Å². The van der Waals surface area contributed by atoms with Crippen molar-refractivity contribution in [2.45, 2.75) is 24.9 Å². The van der Waals surface area contributed by atoms with Gasteiger partial charge in [-0.15, -0.1) is 23.1 Å². The highest BCUT2D eigenvalue weighted by Crippen LogP contribution is 2.40. The maximum absolute atomic E-state index is 13.1. The van der Waals surface area contributed by atoms with Crippen molar-refractivity contribution < 1.29 is 33.7 Å². The van der Waals surface area contributed by atoms with Crippen molar-refractivity contribution in [1.29, 1.82) is 0 Å². The molecular weight excluding hydrogens is 534 g/mol. The first-order valence-corrected chi connectivity index (χ1v) is 13.2. The van der Waals surface area contributed by atoms with Crippen LogP contribution in [0.2, 0.25) is 0 Å². The molecular formula is C23H22N7O6S2+. The van der Waals surface area contributed by atoms with Gasteiger partial charge < -0.3 is 25.4 Å². The average molecular weight is 557 g/mol. The van der Waals surface area contributed by atoms with Gasteiger partial charge in [-0.25, -0.2) is 9.78 Å². The van der Waals surface area contributed by atoms with Gasteiger partial charge in [-0.2, -0.15) is 4.57 Å². The molecule has 38 heavy (non-hydrogen) atoms. The number of ketones is 1. The number of nitrogens with two attached hydrogens (primary N) is 1. The predicted molar refractivity (Wildman–Crippen MR) is 137 cm³/mol. The molecule has 0 unspecified atom stereocenters. The summed E-state index contributed by atoms with van der Waals surface area (Å²) in [6, 6.07) is 2.58. The van der Waals surface area contributed by atoms with Crippen LogP contribution in [0.15, 0.2) is 52.5 Å². The Balaban J connectivity index is 1.36. The van der Waals surface area contributed by atoms with E-state index < -0.39 is 29.2 Å². The summed E-state index contributed by atoms with van der Waals surface area (Å²) < 4.78 is 3.55.